The molecule has 0 aliphatic carbocycles. The molecule has 2 heterocycles. The van der Waals surface area contributed by atoms with E-state index in [0.717, 1.165) is 25.2 Å². The number of nitrogens with one attached hydrogen (secondary N) is 1. The van der Waals surface area contributed by atoms with Gasteiger partial charge in [0.15, 0.2) is 0 Å². The maximum Gasteiger partial charge on any atom is 0.411 e. The predicted molar refractivity (Wildman–Crippen MR) is 166 cm³/mol. The van der Waals surface area contributed by atoms with Crippen molar-refractivity contribution >= 4 is 12.0 Å². The van der Waals surface area contributed by atoms with Gasteiger partial charge in [0.2, 0.25) is 5.91 Å². The number of carbonyl (C=O) groups excluding carboxylic acids is 2. The SMILES string of the molecule is CN(C(=O)OCc1ccccc1)[C@H]1CCN(CC(c2ccccc2)c2ccccc2)C(=O)[C@H](CCN2CCCCC2)N1. The molecule has 7 heteroatoms. The fourth-order valence-corrected chi connectivity index (χ4v) is 6.13. The fraction of sp³-hybridized carbons (Fsp3) is 0.429. The summed E-state index contributed by atoms with van der Waals surface area (Å²) in [5.41, 5.74) is 3.33. The van der Waals surface area contributed by atoms with E-state index in [0.29, 0.717) is 25.9 Å². The molecule has 5 rings (SSSR count). The van der Waals surface area contributed by atoms with Crippen molar-refractivity contribution in [3.63, 3.8) is 0 Å². The van der Waals surface area contributed by atoms with Crippen LogP contribution in [0.5, 0.6) is 0 Å². The Morgan fingerprint density at radius 3 is 2.10 bits per heavy atom. The summed E-state index contributed by atoms with van der Waals surface area (Å²) in [7, 11) is 1.77. The molecule has 0 saturated carbocycles. The molecule has 2 aliphatic heterocycles. The lowest BCUT2D eigenvalue weighted by Gasteiger charge is -2.32. The lowest BCUT2D eigenvalue weighted by Crippen LogP contribution is -2.53. The quantitative estimate of drug-likeness (QED) is 0.351. The molecule has 2 fully saturated rings. The number of benzene rings is 3. The summed E-state index contributed by atoms with van der Waals surface area (Å²) in [4.78, 5) is 33.4. The van der Waals surface area contributed by atoms with E-state index in [9.17, 15) is 9.59 Å². The van der Waals surface area contributed by atoms with Gasteiger partial charge in [-0.1, -0.05) is 97.4 Å². The number of ether oxygens (including phenoxy) is 1. The van der Waals surface area contributed by atoms with Crippen molar-refractivity contribution in [2.75, 3.05) is 39.8 Å². The zero-order valence-electron chi connectivity index (χ0n) is 24.7. The van der Waals surface area contributed by atoms with Gasteiger partial charge >= 0.3 is 6.09 Å². The molecule has 2 atom stereocenters. The minimum absolute atomic E-state index is 0.0595. The lowest BCUT2D eigenvalue weighted by molar-refractivity contribution is -0.133. The summed E-state index contributed by atoms with van der Waals surface area (Å²) in [6, 6.07) is 30.2. The van der Waals surface area contributed by atoms with Crippen LogP contribution in [0.25, 0.3) is 0 Å². The zero-order chi connectivity index (χ0) is 29.1. The third-order valence-electron chi connectivity index (χ3n) is 8.63. The largest absolute Gasteiger partial charge is 0.445 e. The van der Waals surface area contributed by atoms with E-state index in [1.54, 1.807) is 11.9 Å². The minimum Gasteiger partial charge on any atom is -0.445 e. The van der Waals surface area contributed by atoms with E-state index in [-0.39, 0.29) is 30.6 Å². The van der Waals surface area contributed by atoms with E-state index in [2.05, 4.69) is 58.7 Å². The van der Waals surface area contributed by atoms with E-state index >= 15 is 0 Å². The van der Waals surface area contributed by atoms with Crippen molar-refractivity contribution in [3.05, 3.63) is 108 Å². The molecule has 2 saturated heterocycles. The molecular formula is C35H44N4O3. The van der Waals surface area contributed by atoms with Gasteiger partial charge in [-0.3, -0.25) is 15.0 Å². The van der Waals surface area contributed by atoms with Crippen LogP contribution in [0.4, 0.5) is 4.79 Å². The number of rotatable bonds is 10. The third-order valence-corrected chi connectivity index (χ3v) is 8.63. The zero-order valence-corrected chi connectivity index (χ0v) is 24.7. The Labute approximate surface area is 250 Å². The van der Waals surface area contributed by atoms with Crippen molar-refractivity contribution in [1.29, 1.82) is 0 Å². The summed E-state index contributed by atoms with van der Waals surface area (Å²) in [6.07, 6.45) is 4.35. The molecule has 2 amide bonds. The van der Waals surface area contributed by atoms with Crippen molar-refractivity contribution in [2.24, 2.45) is 0 Å². The molecule has 0 unspecified atom stereocenters. The van der Waals surface area contributed by atoms with Crippen LogP contribution in [0.1, 0.15) is 54.7 Å². The maximum absolute atomic E-state index is 14.2. The smallest absolute Gasteiger partial charge is 0.411 e. The number of amides is 2. The number of hydrogen-bond donors (Lipinski definition) is 1. The van der Waals surface area contributed by atoms with Crippen molar-refractivity contribution in [1.82, 2.24) is 20.0 Å². The highest BCUT2D eigenvalue weighted by atomic mass is 16.6. The van der Waals surface area contributed by atoms with Crippen LogP contribution in [0.15, 0.2) is 91.0 Å². The standard InChI is InChI=1S/C35H44N4O3/c1-37(35(41)42-27-28-14-6-2-7-15-28)33-21-25-39(34(40)32(36-33)20-24-38-22-12-5-13-23-38)26-31(29-16-8-3-9-17-29)30-18-10-4-11-19-30/h2-4,6-11,14-19,31-33,36H,5,12-13,20-27H2,1H3/t32-,33-/m0/s1. The summed E-state index contributed by atoms with van der Waals surface area (Å²) < 4.78 is 5.65. The van der Waals surface area contributed by atoms with Crippen LogP contribution in [-0.2, 0) is 16.1 Å². The first-order valence-corrected chi connectivity index (χ1v) is 15.4. The number of nitrogens with zero attached hydrogens (tertiary/aromatic N) is 3. The van der Waals surface area contributed by atoms with Crippen LogP contribution in [0.2, 0.25) is 0 Å². The molecule has 222 valence electrons. The van der Waals surface area contributed by atoms with Gasteiger partial charge in [0.1, 0.15) is 6.61 Å². The Kier molecular flexibility index (Phi) is 10.6. The number of piperidine rings is 1. The number of hydrogen-bond acceptors (Lipinski definition) is 5. The second-order valence-electron chi connectivity index (χ2n) is 11.5. The van der Waals surface area contributed by atoms with Gasteiger partial charge < -0.3 is 14.5 Å². The highest BCUT2D eigenvalue weighted by molar-refractivity contribution is 5.82. The lowest BCUT2D eigenvalue weighted by atomic mass is 9.90. The van der Waals surface area contributed by atoms with Gasteiger partial charge in [-0.15, -0.1) is 0 Å². The van der Waals surface area contributed by atoms with E-state index in [1.807, 2.05) is 47.4 Å². The summed E-state index contributed by atoms with van der Waals surface area (Å²) in [5, 5.41) is 3.57. The van der Waals surface area contributed by atoms with Gasteiger partial charge in [0.25, 0.3) is 0 Å². The Morgan fingerprint density at radius 2 is 1.48 bits per heavy atom. The summed E-state index contributed by atoms with van der Waals surface area (Å²) in [5.74, 6) is 0.168. The Balaban J connectivity index is 1.33. The van der Waals surface area contributed by atoms with Gasteiger partial charge in [0.05, 0.1) is 12.2 Å². The molecule has 42 heavy (non-hydrogen) atoms. The van der Waals surface area contributed by atoms with Crippen LogP contribution in [-0.4, -0.2) is 78.7 Å². The average Bonchev–Trinajstić information content (AvgIpc) is 3.21. The molecule has 3 aromatic rings. The minimum atomic E-state index is -0.390. The second-order valence-corrected chi connectivity index (χ2v) is 11.5. The van der Waals surface area contributed by atoms with E-state index in [1.165, 1.54) is 30.4 Å². The van der Waals surface area contributed by atoms with Crippen LogP contribution >= 0.6 is 0 Å². The highest BCUT2D eigenvalue weighted by Crippen LogP contribution is 2.27. The van der Waals surface area contributed by atoms with Crippen molar-refractivity contribution in [2.45, 2.75) is 56.8 Å². The van der Waals surface area contributed by atoms with Gasteiger partial charge in [0, 0.05) is 32.6 Å². The third kappa shape index (κ3) is 7.99. The van der Waals surface area contributed by atoms with Crippen LogP contribution in [0, 0.1) is 0 Å². The van der Waals surface area contributed by atoms with Crippen molar-refractivity contribution in [3.8, 4) is 0 Å². The number of carbonyl (C=O) groups is 2. The van der Waals surface area contributed by atoms with Crippen LogP contribution in [0.3, 0.4) is 0 Å². The van der Waals surface area contributed by atoms with Gasteiger partial charge in [-0.2, -0.15) is 0 Å². The van der Waals surface area contributed by atoms with Crippen LogP contribution < -0.4 is 5.32 Å². The first kappa shape index (κ1) is 29.8. The molecule has 1 N–H and O–H groups in total. The second kappa shape index (κ2) is 15.0. The molecule has 0 aromatic heterocycles. The summed E-state index contributed by atoms with van der Waals surface area (Å²) >= 11 is 0. The molecule has 2 aliphatic rings. The first-order chi connectivity index (χ1) is 20.6. The monoisotopic (exact) mass is 568 g/mol. The molecular weight excluding hydrogens is 524 g/mol. The van der Waals surface area contributed by atoms with Gasteiger partial charge in [-0.25, -0.2) is 4.79 Å². The van der Waals surface area contributed by atoms with Crippen molar-refractivity contribution < 1.29 is 14.3 Å². The molecule has 0 radical (unpaired) electrons. The Hall–Kier alpha value is -3.68. The average molecular weight is 569 g/mol. The van der Waals surface area contributed by atoms with Gasteiger partial charge in [-0.05, 0) is 55.5 Å². The Morgan fingerprint density at radius 1 is 0.881 bits per heavy atom. The number of likely N-dealkylation sites (tertiary alicyclic amines) is 1. The predicted octanol–water partition coefficient (Wildman–Crippen LogP) is 5.48. The Bertz CT molecular complexity index is 1210. The summed E-state index contributed by atoms with van der Waals surface area (Å²) in [6.45, 7) is 4.41. The highest BCUT2D eigenvalue weighted by Gasteiger charge is 2.35. The van der Waals surface area contributed by atoms with E-state index in [4.69, 9.17) is 4.74 Å². The first-order valence-electron chi connectivity index (χ1n) is 15.4. The fourth-order valence-electron chi connectivity index (χ4n) is 6.13. The topological polar surface area (TPSA) is 65.1 Å². The van der Waals surface area contributed by atoms with E-state index < -0.39 is 6.09 Å². The molecule has 3 aromatic carbocycles. The maximum atomic E-state index is 14.2. The molecule has 7 nitrogen and oxygen atoms in total. The molecule has 0 bridgehead atoms. The normalized spacial score (nSPS) is 19.9. The molecule has 0 spiro atoms.